The van der Waals surface area contributed by atoms with Crippen LogP contribution in [0.3, 0.4) is 0 Å². The van der Waals surface area contributed by atoms with Gasteiger partial charge in [0.1, 0.15) is 0 Å². The predicted molar refractivity (Wildman–Crippen MR) is 117 cm³/mol. The van der Waals surface area contributed by atoms with E-state index in [0.29, 0.717) is 0 Å². The number of carbonyl (C=O) groups excluding carboxylic acids is 1. The lowest BCUT2D eigenvalue weighted by Crippen LogP contribution is -2.50. The normalized spacial score (nSPS) is 15.0. The van der Waals surface area contributed by atoms with E-state index in [2.05, 4.69) is 4.74 Å². The van der Waals surface area contributed by atoms with Crippen LogP contribution in [-0.2, 0) is 14.8 Å². The van der Waals surface area contributed by atoms with Crippen molar-refractivity contribution in [2.24, 2.45) is 0 Å². The van der Waals surface area contributed by atoms with Crippen LogP contribution in [0.15, 0.2) is 53.4 Å². The van der Waals surface area contributed by atoms with E-state index in [9.17, 15) is 32.1 Å². The number of carbonyl (C=O) groups is 1. The number of amides is 1. The number of nitro benzene ring substituents is 1. The molecule has 10 nitrogen and oxygen atoms in total. The number of piperazine rings is 1. The second-order valence-corrected chi connectivity index (χ2v) is 9.01. The highest BCUT2D eigenvalue weighted by Gasteiger charge is 2.30. The molecule has 1 heterocycles. The molecule has 0 saturated carbocycles. The number of rotatable bonds is 8. The first-order valence-corrected chi connectivity index (χ1v) is 11.4. The van der Waals surface area contributed by atoms with E-state index in [1.807, 2.05) is 0 Å². The van der Waals surface area contributed by atoms with Crippen LogP contribution in [0.1, 0.15) is 5.56 Å². The smallest absolute Gasteiger partial charge is 0.387 e. The summed E-state index contributed by atoms with van der Waals surface area (Å²) in [5.41, 5.74) is -0.00770. The first-order chi connectivity index (χ1) is 16.1. The fraction of sp³-hybridized carbons (Fsp3) is 0.286. The Morgan fingerprint density at radius 1 is 1.12 bits per heavy atom. The van der Waals surface area contributed by atoms with Gasteiger partial charge in [0.15, 0.2) is 11.5 Å². The molecule has 3 rings (SSSR count). The molecule has 0 aromatic heterocycles. The zero-order valence-corrected chi connectivity index (χ0v) is 18.8. The number of halogens is 2. The average molecular weight is 497 g/mol. The maximum atomic E-state index is 12.8. The maximum absolute atomic E-state index is 12.8. The van der Waals surface area contributed by atoms with Crippen molar-refractivity contribution in [3.8, 4) is 11.5 Å². The highest BCUT2D eigenvalue weighted by Crippen LogP contribution is 2.33. The predicted octanol–water partition coefficient (Wildman–Crippen LogP) is 2.75. The van der Waals surface area contributed by atoms with Gasteiger partial charge in [-0.25, -0.2) is 8.42 Å². The summed E-state index contributed by atoms with van der Waals surface area (Å²) < 4.78 is 61.8. The molecule has 0 bridgehead atoms. The van der Waals surface area contributed by atoms with Crippen LogP contribution in [0.4, 0.5) is 14.5 Å². The molecule has 0 unspecified atom stereocenters. The summed E-state index contributed by atoms with van der Waals surface area (Å²) in [5, 5.41) is 10.8. The highest BCUT2D eigenvalue weighted by atomic mass is 32.2. The van der Waals surface area contributed by atoms with E-state index >= 15 is 0 Å². The number of alkyl halides is 2. The van der Waals surface area contributed by atoms with Gasteiger partial charge in [0, 0.05) is 50.0 Å². The van der Waals surface area contributed by atoms with Gasteiger partial charge in [0.2, 0.25) is 15.9 Å². The van der Waals surface area contributed by atoms with Gasteiger partial charge in [-0.05, 0) is 24.3 Å². The third-order valence-corrected chi connectivity index (χ3v) is 6.99. The molecule has 1 aliphatic heterocycles. The van der Waals surface area contributed by atoms with Gasteiger partial charge in [0.05, 0.1) is 16.9 Å². The molecule has 2 aromatic carbocycles. The Morgan fingerprint density at radius 2 is 1.76 bits per heavy atom. The van der Waals surface area contributed by atoms with Gasteiger partial charge < -0.3 is 14.4 Å². The lowest BCUT2D eigenvalue weighted by atomic mass is 10.1. The fourth-order valence-electron chi connectivity index (χ4n) is 3.34. The van der Waals surface area contributed by atoms with Crippen molar-refractivity contribution in [2.75, 3.05) is 33.3 Å². The van der Waals surface area contributed by atoms with Crippen LogP contribution in [0, 0.1) is 10.1 Å². The standard InChI is InChI=1S/C21H21F2N3O7S/c1-32-18-4-2-3-15(20(18)33-21(22)23)5-10-19(27)24-11-13-25(14-12-24)34(30,31)17-8-6-16(7-9-17)26(28)29/h2-10,21H,11-14H2,1H3/b10-5+. The van der Waals surface area contributed by atoms with Crippen molar-refractivity contribution >= 4 is 27.7 Å². The quantitative estimate of drug-likeness (QED) is 0.313. The van der Waals surface area contributed by atoms with E-state index in [1.165, 1.54) is 52.7 Å². The maximum Gasteiger partial charge on any atom is 0.387 e. The van der Waals surface area contributed by atoms with Crippen LogP contribution >= 0.6 is 0 Å². The number of benzene rings is 2. The summed E-state index contributed by atoms with van der Waals surface area (Å²) in [6, 6.07) is 9.05. The number of hydrogen-bond donors (Lipinski definition) is 0. The number of methoxy groups -OCH3 is 1. The summed E-state index contributed by atoms with van der Waals surface area (Å²) >= 11 is 0. The molecule has 182 valence electrons. The van der Waals surface area contributed by atoms with Gasteiger partial charge in [-0.2, -0.15) is 13.1 Å². The van der Waals surface area contributed by atoms with Crippen LogP contribution in [0.5, 0.6) is 11.5 Å². The highest BCUT2D eigenvalue weighted by molar-refractivity contribution is 7.89. The van der Waals surface area contributed by atoms with Crippen LogP contribution in [0.25, 0.3) is 6.08 Å². The number of para-hydroxylation sites is 1. The van der Waals surface area contributed by atoms with E-state index in [-0.39, 0.29) is 53.8 Å². The monoisotopic (exact) mass is 497 g/mol. The first-order valence-electron chi connectivity index (χ1n) is 9.97. The van der Waals surface area contributed by atoms with Crippen molar-refractivity contribution in [1.82, 2.24) is 9.21 Å². The van der Waals surface area contributed by atoms with Gasteiger partial charge >= 0.3 is 6.61 Å². The van der Waals surface area contributed by atoms with Gasteiger partial charge in [-0.15, -0.1) is 0 Å². The molecule has 34 heavy (non-hydrogen) atoms. The second-order valence-electron chi connectivity index (χ2n) is 7.07. The average Bonchev–Trinajstić information content (AvgIpc) is 2.82. The Kier molecular flexibility index (Phi) is 7.79. The summed E-state index contributed by atoms with van der Waals surface area (Å²) in [7, 11) is -2.58. The van der Waals surface area contributed by atoms with Crippen molar-refractivity contribution in [2.45, 2.75) is 11.5 Å². The molecule has 0 N–H and O–H groups in total. The van der Waals surface area contributed by atoms with E-state index in [1.54, 1.807) is 6.07 Å². The largest absolute Gasteiger partial charge is 0.493 e. The van der Waals surface area contributed by atoms with Crippen molar-refractivity contribution in [3.05, 3.63) is 64.2 Å². The molecular weight excluding hydrogens is 476 g/mol. The van der Waals surface area contributed by atoms with Crippen molar-refractivity contribution < 1.29 is 36.4 Å². The molecule has 1 saturated heterocycles. The molecule has 13 heteroatoms. The lowest BCUT2D eigenvalue weighted by molar-refractivity contribution is -0.384. The molecule has 2 aromatic rings. The molecular formula is C21H21F2N3O7S. The number of ether oxygens (including phenoxy) is 2. The fourth-order valence-corrected chi connectivity index (χ4v) is 4.77. The minimum atomic E-state index is -3.88. The van der Waals surface area contributed by atoms with E-state index in [4.69, 9.17) is 4.74 Å². The lowest BCUT2D eigenvalue weighted by Gasteiger charge is -2.33. The molecule has 1 aliphatic rings. The number of sulfonamides is 1. The minimum absolute atomic E-state index is 0.0256. The van der Waals surface area contributed by atoms with Crippen molar-refractivity contribution in [3.63, 3.8) is 0 Å². The van der Waals surface area contributed by atoms with Crippen LogP contribution < -0.4 is 9.47 Å². The zero-order chi connectivity index (χ0) is 24.9. The van der Waals surface area contributed by atoms with E-state index in [0.717, 1.165) is 12.1 Å². The van der Waals surface area contributed by atoms with Crippen LogP contribution in [-0.4, -0.2) is 68.4 Å². The Labute approximate surface area is 194 Å². The van der Waals surface area contributed by atoms with E-state index < -0.39 is 27.5 Å². The van der Waals surface area contributed by atoms with Crippen molar-refractivity contribution in [1.29, 1.82) is 0 Å². The minimum Gasteiger partial charge on any atom is -0.493 e. The molecule has 1 fully saturated rings. The third-order valence-electron chi connectivity index (χ3n) is 5.08. The number of nitrogens with zero attached hydrogens (tertiary/aromatic N) is 3. The Morgan fingerprint density at radius 3 is 2.32 bits per heavy atom. The molecule has 1 amide bonds. The summed E-state index contributed by atoms with van der Waals surface area (Å²) in [5.74, 6) is -0.554. The number of nitro groups is 1. The van der Waals surface area contributed by atoms with Gasteiger partial charge in [-0.1, -0.05) is 12.1 Å². The zero-order valence-electron chi connectivity index (χ0n) is 18.0. The SMILES string of the molecule is COc1cccc(/C=C/C(=O)N2CCN(S(=O)(=O)c3ccc([N+](=O)[O-])cc3)CC2)c1OC(F)F. The number of non-ortho nitro benzene ring substituents is 1. The van der Waals surface area contributed by atoms with Gasteiger partial charge in [-0.3, -0.25) is 14.9 Å². The molecule has 0 radical (unpaired) electrons. The topological polar surface area (TPSA) is 119 Å². The summed E-state index contributed by atoms with van der Waals surface area (Å²) in [6.45, 7) is -2.82. The Hall–Kier alpha value is -3.58. The first kappa shape index (κ1) is 25.1. The number of hydrogen-bond acceptors (Lipinski definition) is 7. The third kappa shape index (κ3) is 5.66. The van der Waals surface area contributed by atoms with Gasteiger partial charge in [0.25, 0.3) is 5.69 Å². The Balaban J connectivity index is 1.66. The molecule has 0 atom stereocenters. The Bertz CT molecular complexity index is 1180. The molecule has 0 spiro atoms. The summed E-state index contributed by atoms with van der Waals surface area (Å²) in [6.07, 6.45) is 2.51. The summed E-state index contributed by atoms with van der Waals surface area (Å²) in [4.78, 5) is 24.1. The van der Waals surface area contributed by atoms with Crippen LogP contribution in [0.2, 0.25) is 0 Å². The second kappa shape index (κ2) is 10.6. The molecule has 0 aliphatic carbocycles.